The van der Waals surface area contributed by atoms with E-state index in [1.807, 2.05) is 24.3 Å². The van der Waals surface area contributed by atoms with Crippen LogP contribution in [0.1, 0.15) is 122 Å². The molecule has 0 aromatic heterocycles. The molecule has 20 heteroatoms. The average Bonchev–Trinajstić information content (AvgIpc) is 1.52. The summed E-state index contributed by atoms with van der Waals surface area (Å²) in [6, 6.07) is 100. The lowest BCUT2D eigenvalue weighted by atomic mass is 9.78. The number of benzene rings is 14. The molecular weight excluding hydrogens is 1710 g/mol. The largest absolute Gasteiger partial charge is 0.239 e. The number of allylic oxidation sites excluding steroid dienone is 12. The van der Waals surface area contributed by atoms with Crippen molar-refractivity contribution in [2.45, 2.75) is 0 Å². The van der Waals surface area contributed by atoms with Crippen molar-refractivity contribution in [3.8, 4) is 105 Å². The molecule has 0 fully saturated rings. The summed E-state index contributed by atoms with van der Waals surface area (Å²) in [6.45, 7) is 67.7. The highest BCUT2D eigenvalue weighted by Gasteiger charge is 2.47. The van der Waals surface area contributed by atoms with E-state index in [1.54, 1.807) is 146 Å². The minimum atomic E-state index is -0.575. The van der Waals surface area contributed by atoms with Gasteiger partial charge in [-0.3, -0.25) is 0 Å². The van der Waals surface area contributed by atoms with Gasteiger partial charge >= 0.3 is 0 Å². The van der Waals surface area contributed by atoms with E-state index in [-0.39, 0.29) is 168 Å². The molecule has 14 aromatic rings. The molecule has 0 amide bonds. The van der Waals surface area contributed by atoms with Gasteiger partial charge in [0.15, 0.2) is 22.7 Å². The van der Waals surface area contributed by atoms with Crippen LogP contribution in [0.4, 0.5) is 31.5 Å². The standard InChI is InChI=1S/C60H24N10.C58H24F2N8/c1-67-45-26-43(27-46(28-45)68-2)47(33-65)53-52(40-13-9-6-10-14-40)60(70-4)58-51(42-21-17-36(30-62)18-22-42)56-54(50(55(53)58)41-19-15-35(29-61)16-20-41)48(34-66)49(39-11-7-5-8-12-39)57(56)59(69-3)44-24-37(31-63)23-38(25-44)32-64;1-65-43-26-39(27-44(28-43)66-2)45(31-63)51-50(36-13-9-6-10-14-36)58(68-4)56-49(38-17-21-42(60)22-18-38)54-52(48(53(51)56)37-15-19-41(59)20-16-37)46(32-64)47(35-11-7-5-8-12-35)55(54)57(67-3)40-24-33(29-61)23-34(25-40)30-62/h5-28H;5-28H/b53-47+,59-57-;51-45+,57-55-. The normalized spacial score (nSPS) is 13.4. The highest BCUT2D eigenvalue weighted by molar-refractivity contribution is 6.41. The Hall–Kier alpha value is -22.3. The summed E-state index contributed by atoms with van der Waals surface area (Å²) < 4.78 is 30.2. The van der Waals surface area contributed by atoms with E-state index < -0.39 is 11.6 Å². The van der Waals surface area contributed by atoms with Crippen LogP contribution in [-0.4, -0.2) is 0 Å². The lowest BCUT2D eigenvalue weighted by Gasteiger charge is -2.24. The quantitative estimate of drug-likeness (QED) is 0.0823. The van der Waals surface area contributed by atoms with Crippen LogP contribution in [0.2, 0.25) is 0 Å². The molecule has 138 heavy (non-hydrogen) atoms. The van der Waals surface area contributed by atoms with Gasteiger partial charge in [-0.15, -0.1) is 0 Å². The van der Waals surface area contributed by atoms with E-state index >= 15 is 8.78 Å². The zero-order valence-electron chi connectivity index (χ0n) is 71.5. The topological polar surface area (TPSA) is 273 Å². The zero-order chi connectivity index (χ0) is 96.7. The summed E-state index contributed by atoms with van der Waals surface area (Å²) >= 11 is 0. The Morgan fingerprint density at radius 2 is 0.478 bits per heavy atom. The van der Waals surface area contributed by atoms with Crippen molar-refractivity contribution >= 4 is 112 Å². The Kier molecular flexibility index (Phi) is 23.6. The Labute approximate surface area is 790 Å². The van der Waals surface area contributed by atoms with Crippen LogP contribution in [-0.2, 0) is 0 Å². The summed E-state index contributed by atoms with van der Waals surface area (Å²) in [5.74, 6) is -1.15. The third kappa shape index (κ3) is 15.1. The number of fused-ring (bicyclic) bond motifs is 4. The minimum Gasteiger partial charge on any atom is -0.239 e. The molecule has 4 aliphatic rings. The molecule has 624 valence electrons. The van der Waals surface area contributed by atoms with Gasteiger partial charge in [0.1, 0.15) is 35.9 Å². The molecule has 0 saturated carbocycles. The maximum absolute atomic E-state index is 15.1. The van der Waals surface area contributed by atoms with Gasteiger partial charge in [-0.05, 0) is 252 Å². The fraction of sp³-hybridized carbons (Fsp3) is 0. The molecule has 0 heterocycles. The van der Waals surface area contributed by atoms with Crippen LogP contribution >= 0.6 is 0 Å². The van der Waals surface area contributed by atoms with Gasteiger partial charge in [-0.25, -0.2) is 47.5 Å². The molecule has 0 aliphatic heterocycles. The van der Waals surface area contributed by atoms with Crippen molar-refractivity contribution in [3.05, 3.63) is 517 Å². The summed E-state index contributed by atoms with van der Waals surface area (Å²) in [5, 5.41) is 107. The Balaban J connectivity index is 0.000000191. The number of rotatable bonds is 12. The number of halogens is 2. The van der Waals surface area contributed by atoms with Crippen molar-refractivity contribution in [2.24, 2.45) is 0 Å². The number of hydrogen-bond donors (Lipinski definition) is 0. The summed E-state index contributed by atoms with van der Waals surface area (Å²) in [4.78, 5) is 31.2. The molecule has 0 atom stereocenters. The van der Waals surface area contributed by atoms with Gasteiger partial charge in [-0.1, -0.05) is 206 Å². The van der Waals surface area contributed by atoms with Gasteiger partial charge < -0.3 is 0 Å². The van der Waals surface area contributed by atoms with Crippen molar-refractivity contribution in [2.75, 3.05) is 0 Å². The van der Waals surface area contributed by atoms with E-state index in [1.165, 1.54) is 121 Å². The molecule has 0 spiro atoms. The fourth-order valence-electron chi connectivity index (χ4n) is 18.3. The monoisotopic (exact) mass is 1750 g/mol. The summed E-state index contributed by atoms with van der Waals surface area (Å²) in [6.07, 6.45) is 0. The molecule has 0 bridgehead atoms. The summed E-state index contributed by atoms with van der Waals surface area (Å²) in [7, 11) is 0. The predicted octanol–water partition coefficient (Wildman–Crippen LogP) is 28.7. The van der Waals surface area contributed by atoms with E-state index in [0.717, 1.165) is 0 Å². The maximum Gasteiger partial charge on any atom is 0.203 e. The lowest BCUT2D eigenvalue weighted by molar-refractivity contribution is 0.627. The van der Waals surface area contributed by atoms with Crippen molar-refractivity contribution in [1.82, 2.24) is 0 Å². The van der Waals surface area contributed by atoms with Crippen molar-refractivity contribution < 1.29 is 8.78 Å². The average molecular weight is 1760 g/mol. The van der Waals surface area contributed by atoms with Crippen LogP contribution in [0.25, 0.3) is 173 Å². The van der Waals surface area contributed by atoms with Gasteiger partial charge in [0.25, 0.3) is 0 Å². The van der Waals surface area contributed by atoms with Gasteiger partial charge in [-0.2, -0.15) is 52.6 Å². The Morgan fingerprint density at radius 3 is 0.725 bits per heavy atom. The second-order valence-corrected chi connectivity index (χ2v) is 31.1. The summed E-state index contributed by atoms with van der Waals surface area (Å²) in [5.41, 5.74) is 12.3. The van der Waals surface area contributed by atoms with E-state index in [4.69, 9.17) is 52.6 Å². The Morgan fingerprint density at radius 1 is 0.217 bits per heavy atom. The molecule has 18 rings (SSSR count). The van der Waals surface area contributed by atoms with E-state index in [2.05, 4.69) is 99.5 Å². The first kappa shape index (κ1) is 87.7. The van der Waals surface area contributed by atoms with Crippen LogP contribution in [0.5, 0.6) is 0 Å². The molecular formula is C118H48F2N18. The second-order valence-electron chi connectivity index (χ2n) is 31.1. The first-order valence-electron chi connectivity index (χ1n) is 41.5. The predicted molar refractivity (Wildman–Crippen MR) is 523 cm³/mol. The highest BCUT2D eigenvalue weighted by atomic mass is 19.1. The van der Waals surface area contributed by atoms with Gasteiger partial charge in [0.2, 0.25) is 22.8 Å². The lowest BCUT2D eigenvalue weighted by Crippen LogP contribution is -2.04. The first-order chi connectivity index (χ1) is 67.5. The number of nitrogens with zero attached hydrogens (tertiary/aromatic N) is 18. The van der Waals surface area contributed by atoms with Crippen molar-refractivity contribution in [3.63, 3.8) is 0 Å². The number of hydrogen-bond acceptors (Lipinski definition) is 10. The first-order valence-corrected chi connectivity index (χ1v) is 41.5. The second kappa shape index (κ2) is 37.2. The van der Waals surface area contributed by atoms with E-state index in [9.17, 15) is 52.6 Å². The molecule has 14 aromatic carbocycles. The van der Waals surface area contributed by atoms with Gasteiger partial charge in [0, 0.05) is 11.1 Å². The van der Waals surface area contributed by atoms with Crippen molar-refractivity contribution in [1.29, 1.82) is 52.6 Å². The van der Waals surface area contributed by atoms with Crippen LogP contribution in [0.15, 0.2) is 291 Å². The van der Waals surface area contributed by atoms with Gasteiger partial charge in [0.05, 0.1) is 145 Å². The molecule has 0 saturated heterocycles. The van der Waals surface area contributed by atoms with Crippen LogP contribution in [0, 0.1) is 178 Å². The van der Waals surface area contributed by atoms with E-state index in [0.29, 0.717) is 111 Å². The smallest absolute Gasteiger partial charge is 0.203 e. The molecule has 0 unspecified atom stereocenters. The Bertz CT molecular complexity index is 8310. The minimum absolute atomic E-state index is 0.00897. The third-order valence-corrected chi connectivity index (χ3v) is 23.8. The SMILES string of the molecule is [C-]#[N+]C1=C(c2ccccc2)/C(=C(/C#N)c2cc([N+]#[C-])cc([N+]#[C-])c2)c2c1c(-c1ccc(C#N)cc1)c1c(c2-c2ccc(C#N)cc2)C(C#N)=C(c2ccccc2)/C1=C(/[N+]#[C-])c1cc(C#N)cc(C#N)c1.[C-]#[N+]C1=C(c2ccccc2)/C(=C(/C#N)c2cc([N+]#[C-])cc([N+]#[C-])c2)c2c1c(-c1ccc(F)cc1)c1c(c2-c2ccc(F)cc2)C(C#N)=C(c2ccccc2)/C1=C(/[N+]#[C-])c1cc(C#N)cc(C#N)c1. The number of nitriles is 10. The zero-order valence-corrected chi connectivity index (χ0v) is 71.5. The molecule has 4 aliphatic carbocycles. The maximum atomic E-state index is 15.1. The highest BCUT2D eigenvalue weighted by Crippen LogP contribution is 2.67. The molecule has 18 nitrogen and oxygen atoms in total. The third-order valence-electron chi connectivity index (χ3n) is 23.8. The molecule has 0 radical (unpaired) electrons. The molecule has 0 N–H and O–H groups in total. The fourth-order valence-corrected chi connectivity index (χ4v) is 18.3. The van der Waals surface area contributed by atoms with Crippen LogP contribution in [0.3, 0.4) is 0 Å². The van der Waals surface area contributed by atoms with Crippen LogP contribution < -0.4 is 0 Å².